The van der Waals surface area contributed by atoms with Crippen LogP contribution in [0.15, 0.2) is 0 Å². The Kier molecular flexibility index (Phi) is 8.43. The van der Waals surface area contributed by atoms with Gasteiger partial charge in [0.2, 0.25) is 10.0 Å². The lowest BCUT2D eigenvalue weighted by Gasteiger charge is -2.19. The van der Waals surface area contributed by atoms with Crippen LogP contribution in [-0.2, 0) is 10.0 Å². The molecule has 0 aromatic carbocycles. The van der Waals surface area contributed by atoms with Crippen LogP contribution in [0, 0.1) is 11.8 Å². The average molecular weight is 299 g/mol. The van der Waals surface area contributed by atoms with Gasteiger partial charge in [-0.15, -0.1) is 12.4 Å². The zero-order valence-electron chi connectivity index (χ0n) is 11.7. The predicted octanol–water partition coefficient (Wildman–Crippen LogP) is 1.72. The van der Waals surface area contributed by atoms with Crippen molar-refractivity contribution in [1.82, 2.24) is 9.62 Å². The summed E-state index contributed by atoms with van der Waals surface area (Å²) in [7, 11) is -1.11. The van der Waals surface area contributed by atoms with E-state index in [1.165, 1.54) is 0 Å². The monoisotopic (exact) mass is 298 g/mol. The van der Waals surface area contributed by atoms with Crippen LogP contribution in [-0.4, -0.2) is 45.2 Å². The molecule has 2 atom stereocenters. The number of nitrogens with one attached hydrogen (secondary N) is 1. The van der Waals surface area contributed by atoms with Crippen molar-refractivity contribution >= 4 is 22.4 Å². The van der Waals surface area contributed by atoms with Crippen molar-refractivity contribution in [3.05, 3.63) is 0 Å². The highest BCUT2D eigenvalue weighted by Gasteiger charge is 2.31. The van der Waals surface area contributed by atoms with Gasteiger partial charge in [0.05, 0.1) is 5.75 Å². The highest BCUT2D eigenvalue weighted by Crippen LogP contribution is 2.21. The Bertz CT molecular complexity index is 322. The molecule has 0 aromatic rings. The lowest BCUT2D eigenvalue weighted by atomic mass is 10.1. The summed E-state index contributed by atoms with van der Waals surface area (Å²) in [6, 6.07) is 0. The first-order valence-corrected chi connectivity index (χ1v) is 8.23. The molecule has 1 rings (SSSR count). The van der Waals surface area contributed by atoms with E-state index in [1.54, 1.807) is 4.31 Å². The van der Waals surface area contributed by atoms with Gasteiger partial charge in [-0.25, -0.2) is 12.7 Å². The lowest BCUT2D eigenvalue weighted by molar-refractivity contribution is 0.440. The van der Waals surface area contributed by atoms with Crippen LogP contribution in [0.25, 0.3) is 0 Å². The normalized spacial score (nSPS) is 22.7. The van der Waals surface area contributed by atoms with E-state index in [9.17, 15) is 8.42 Å². The first-order valence-electron chi connectivity index (χ1n) is 6.62. The van der Waals surface area contributed by atoms with Gasteiger partial charge in [0.25, 0.3) is 0 Å². The van der Waals surface area contributed by atoms with Crippen molar-refractivity contribution < 1.29 is 8.42 Å². The molecule has 0 radical (unpaired) electrons. The summed E-state index contributed by atoms with van der Waals surface area (Å²) in [5.74, 6) is 1.07. The predicted molar refractivity (Wildman–Crippen MR) is 78.7 cm³/mol. The van der Waals surface area contributed by atoms with Crippen molar-refractivity contribution in [1.29, 1.82) is 0 Å². The van der Waals surface area contributed by atoms with E-state index in [4.69, 9.17) is 0 Å². The fraction of sp³-hybridized carbons (Fsp3) is 1.00. The van der Waals surface area contributed by atoms with Gasteiger partial charge in [-0.2, -0.15) is 0 Å². The summed E-state index contributed by atoms with van der Waals surface area (Å²) in [5.41, 5.74) is 0. The van der Waals surface area contributed by atoms with Crippen LogP contribution in [0.5, 0.6) is 0 Å². The van der Waals surface area contributed by atoms with Crippen molar-refractivity contribution in [2.24, 2.45) is 11.8 Å². The maximum absolute atomic E-state index is 12.2. The molecule has 18 heavy (non-hydrogen) atoms. The molecule has 0 bridgehead atoms. The van der Waals surface area contributed by atoms with E-state index in [2.05, 4.69) is 12.2 Å². The van der Waals surface area contributed by atoms with Crippen LogP contribution in [0.2, 0.25) is 0 Å². The van der Waals surface area contributed by atoms with Crippen LogP contribution >= 0.6 is 12.4 Å². The molecular weight excluding hydrogens is 272 g/mol. The number of hydrogen-bond acceptors (Lipinski definition) is 3. The van der Waals surface area contributed by atoms with Gasteiger partial charge in [0, 0.05) is 13.1 Å². The molecule has 0 aliphatic carbocycles. The maximum atomic E-state index is 12.2. The molecule has 2 unspecified atom stereocenters. The van der Waals surface area contributed by atoms with Crippen molar-refractivity contribution in [2.75, 3.05) is 32.4 Å². The van der Waals surface area contributed by atoms with E-state index in [0.717, 1.165) is 25.8 Å². The summed E-state index contributed by atoms with van der Waals surface area (Å²) >= 11 is 0. The zero-order valence-corrected chi connectivity index (χ0v) is 13.3. The van der Waals surface area contributed by atoms with Crippen molar-refractivity contribution in [3.8, 4) is 0 Å². The van der Waals surface area contributed by atoms with E-state index in [-0.39, 0.29) is 18.3 Å². The molecule has 1 N–H and O–H groups in total. The van der Waals surface area contributed by atoms with E-state index in [0.29, 0.717) is 24.8 Å². The highest BCUT2D eigenvalue weighted by molar-refractivity contribution is 7.89. The maximum Gasteiger partial charge on any atom is 0.214 e. The van der Waals surface area contributed by atoms with Gasteiger partial charge >= 0.3 is 0 Å². The molecule has 0 saturated carbocycles. The molecule has 1 aliphatic rings. The first-order chi connectivity index (χ1) is 7.99. The molecule has 0 amide bonds. The Labute approximate surface area is 118 Å². The number of hydrogen-bond donors (Lipinski definition) is 1. The molecule has 0 aromatic heterocycles. The van der Waals surface area contributed by atoms with Gasteiger partial charge in [0.1, 0.15) is 0 Å². The highest BCUT2D eigenvalue weighted by atomic mass is 35.5. The minimum Gasteiger partial charge on any atom is -0.319 e. The molecule has 1 heterocycles. The second kappa shape index (κ2) is 8.35. The molecular formula is C12H27ClN2O2S. The smallest absolute Gasteiger partial charge is 0.214 e. The van der Waals surface area contributed by atoms with Gasteiger partial charge in [0.15, 0.2) is 0 Å². The van der Waals surface area contributed by atoms with Crippen LogP contribution in [0.1, 0.15) is 33.1 Å². The fourth-order valence-electron chi connectivity index (χ4n) is 2.55. The first kappa shape index (κ1) is 18.2. The molecule has 4 nitrogen and oxygen atoms in total. The molecule has 1 saturated heterocycles. The number of nitrogens with zero attached hydrogens (tertiary/aromatic N) is 1. The molecule has 1 aliphatic heterocycles. The molecule has 110 valence electrons. The Morgan fingerprint density at radius 2 is 2.11 bits per heavy atom. The van der Waals surface area contributed by atoms with Crippen LogP contribution < -0.4 is 5.32 Å². The Morgan fingerprint density at radius 3 is 2.67 bits per heavy atom. The SMILES string of the molecule is CCCC(C)CS(=O)(=O)N1CCC(CNC)C1.Cl. The van der Waals surface area contributed by atoms with Gasteiger partial charge in [-0.1, -0.05) is 20.3 Å². The summed E-state index contributed by atoms with van der Waals surface area (Å²) in [4.78, 5) is 0. The van der Waals surface area contributed by atoms with Gasteiger partial charge < -0.3 is 5.32 Å². The number of halogens is 1. The van der Waals surface area contributed by atoms with Crippen LogP contribution in [0.3, 0.4) is 0 Å². The van der Waals surface area contributed by atoms with Crippen LogP contribution in [0.4, 0.5) is 0 Å². The Hall–Kier alpha value is 0.160. The molecule has 1 fully saturated rings. The molecule has 0 spiro atoms. The number of rotatable bonds is 7. The largest absolute Gasteiger partial charge is 0.319 e. The minimum absolute atomic E-state index is 0. The summed E-state index contributed by atoms with van der Waals surface area (Å²) in [6.07, 6.45) is 3.04. The second-order valence-corrected chi connectivity index (χ2v) is 7.26. The van der Waals surface area contributed by atoms with E-state index >= 15 is 0 Å². The van der Waals surface area contributed by atoms with E-state index < -0.39 is 10.0 Å². The third-order valence-electron chi connectivity index (χ3n) is 3.41. The second-order valence-electron chi connectivity index (χ2n) is 5.24. The van der Waals surface area contributed by atoms with Gasteiger partial charge in [-0.05, 0) is 38.3 Å². The Morgan fingerprint density at radius 1 is 1.44 bits per heavy atom. The average Bonchev–Trinajstić information content (AvgIpc) is 2.67. The lowest BCUT2D eigenvalue weighted by Crippen LogP contribution is -2.34. The van der Waals surface area contributed by atoms with Crippen molar-refractivity contribution in [3.63, 3.8) is 0 Å². The number of sulfonamides is 1. The topological polar surface area (TPSA) is 49.4 Å². The van der Waals surface area contributed by atoms with Gasteiger partial charge in [-0.3, -0.25) is 0 Å². The molecule has 6 heteroatoms. The quantitative estimate of drug-likeness (QED) is 0.778. The summed E-state index contributed by atoms with van der Waals surface area (Å²) in [6.45, 7) is 6.44. The standard InChI is InChI=1S/C12H26N2O2S.ClH/c1-4-5-11(2)10-17(15,16)14-7-6-12(9-14)8-13-3;/h11-13H,4-10H2,1-3H3;1H. The Balaban J connectivity index is 0.00000289. The fourth-order valence-corrected chi connectivity index (χ4v) is 4.46. The third-order valence-corrected chi connectivity index (χ3v) is 5.52. The third kappa shape index (κ3) is 5.43. The zero-order chi connectivity index (χ0) is 12.9. The van der Waals surface area contributed by atoms with Crippen molar-refractivity contribution in [2.45, 2.75) is 33.1 Å². The van der Waals surface area contributed by atoms with E-state index in [1.807, 2.05) is 14.0 Å². The summed E-state index contributed by atoms with van der Waals surface area (Å²) in [5, 5.41) is 3.12. The summed E-state index contributed by atoms with van der Waals surface area (Å²) < 4.78 is 26.0. The minimum atomic E-state index is -3.03.